The minimum Gasteiger partial charge on any atom is -0.387 e. The predicted molar refractivity (Wildman–Crippen MR) is 210 cm³/mol. The van der Waals surface area contributed by atoms with Gasteiger partial charge in [0.2, 0.25) is 29.5 Å². The Morgan fingerprint density at radius 1 is 0.912 bits per heavy atom. The molecule has 2 aromatic carbocycles. The Balaban J connectivity index is 1.71. The van der Waals surface area contributed by atoms with Gasteiger partial charge in [0.15, 0.2) is 0 Å². The molecule has 0 aliphatic heterocycles. The molecule has 0 unspecified atom stereocenters. The van der Waals surface area contributed by atoms with Gasteiger partial charge in [0.05, 0.1) is 18.9 Å². The van der Waals surface area contributed by atoms with E-state index in [0.717, 1.165) is 23.8 Å². The molecule has 0 saturated heterocycles. The van der Waals surface area contributed by atoms with Crippen LogP contribution in [0.1, 0.15) is 69.8 Å². The average Bonchev–Trinajstić information content (AvgIpc) is 3.57. The molecule has 4 aromatic rings. The van der Waals surface area contributed by atoms with E-state index in [4.69, 9.17) is 5.73 Å². The van der Waals surface area contributed by atoms with Gasteiger partial charge in [-0.1, -0.05) is 58.0 Å². The molecular formula is C42H51F2N7O6. The van der Waals surface area contributed by atoms with Crippen molar-refractivity contribution in [2.75, 3.05) is 19.7 Å². The van der Waals surface area contributed by atoms with E-state index in [1.54, 1.807) is 24.4 Å². The largest absolute Gasteiger partial charge is 0.387 e. The van der Waals surface area contributed by atoms with Crippen LogP contribution in [-0.4, -0.2) is 80.9 Å². The van der Waals surface area contributed by atoms with Gasteiger partial charge in [0.25, 0.3) is 0 Å². The van der Waals surface area contributed by atoms with Crippen LogP contribution in [0, 0.1) is 17.0 Å². The van der Waals surface area contributed by atoms with Crippen LogP contribution < -0.4 is 21.7 Å². The van der Waals surface area contributed by atoms with Gasteiger partial charge in [-0.15, -0.1) is 0 Å². The lowest BCUT2D eigenvalue weighted by atomic mass is 9.82. The number of aliphatic hydroxyl groups excluding tert-OH is 1. The molecular weight excluding hydrogens is 737 g/mol. The highest BCUT2D eigenvalue weighted by Crippen LogP contribution is 2.41. The van der Waals surface area contributed by atoms with Gasteiger partial charge >= 0.3 is 0 Å². The van der Waals surface area contributed by atoms with E-state index < -0.39 is 77.7 Å². The number of benzene rings is 2. The van der Waals surface area contributed by atoms with Crippen LogP contribution in [0.15, 0.2) is 85.3 Å². The molecule has 3 atom stereocenters. The molecule has 0 aliphatic rings. The molecule has 57 heavy (non-hydrogen) atoms. The van der Waals surface area contributed by atoms with Crippen molar-refractivity contribution in [2.45, 2.75) is 78.0 Å². The molecule has 15 heteroatoms. The number of carbonyl (C=O) groups excluding carboxylic acids is 5. The lowest BCUT2D eigenvalue weighted by Crippen LogP contribution is -2.56. The quantitative estimate of drug-likeness (QED) is 0.0956. The Morgan fingerprint density at radius 3 is 2.25 bits per heavy atom. The number of primary amides is 1. The number of amides is 5. The third-order valence-electron chi connectivity index (χ3n) is 9.24. The summed E-state index contributed by atoms with van der Waals surface area (Å²) < 4.78 is 31.4. The number of nitrogens with zero attached hydrogens (tertiary/aromatic N) is 3. The first kappa shape index (κ1) is 43.8. The first-order chi connectivity index (χ1) is 27.1. The predicted octanol–water partition coefficient (Wildman–Crippen LogP) is 3.79. The Morgan fingerprint density at radius 2 is 1.61 bits per heavy atom. The maximum atomic E-state index is 15.2. The smallest absolute Gasteiger partial charge is 0.248 e. The van der Waals surface area contributed by atoms with Crippen molar-refractivity contribution in [1.82, 2.24) is 30.4 Å². The summed E-state index contributed by atoms with van der Waals surface area (Å²) >= 11 is 0. The van der Waals surface area contributed by atoms with Gasteiger partial charge in [0.1, 0.15) is 30.3 Å². The summed E-state index contributed by atoms with van der Waals surface area (Å²) in [6.45, 7) is 7.01. The van der Waals surface area contributed by atoms with Crippen LogP contribution in [0.25, 0.3) is 11.1 Å². The summed E-state index contributed by atoms with van der Waals surface area (Å²) in [6.07, 6.45) is 4.46. The van der Waals surface area contributed by atoms with Crippen molar-refractivity contribution >= 4 is 29.5 Å². The molecule has 13 nitrogen and oxygen atoms in total. The van der Waals surface area contributed by atoms with Gasteiger partial charge in [-0.05, 0) is 65.8 Å². The van der Waals surface area contributed by atoms with Crippen LogP contribution >= 0.6 is 0 Å². The van der Waals surface area contributed by atoms with E-state index in [1.165, 1.54) is 17.3 Å². The molecule has 304 valence electrons. The number of rotatable bonds is 19. The first-order valence-corrected chi connectivity index (χ1v) is 18.8. The van der Waals surface area contributed by atoms with Crippen molar-refractivity contribution in [3.8, 4) is 11.1 Å². The SMILES string of the molecule is CCCNC(=O)[C@H](CCN(C(=O)CO)[C@@H](c1cc(-c2cc(F)ccc2F)cn1Cc1ccccc1)C(C)(C)C)NC(=O)[C@H](CC(N)=O)NC(=O)Cc1ccncc1. The highest BCUT2D eigenvalue weighted by molar-refractivity contribution is 5.95. The number of pyridine rings is 1. The standard InChI is InChI=1S/C42H51F2N7O6/c1-5-16-47-40(56)33(49-41(57)34(23-36(45)53)48-37(54)20-27-13-17-46-18-14-27)15-19-51(38(55)26-52)39(42(2,3)4)35-21-29(31-22-30(43)11-12-32(31)44)25-50(35)24-28-9-7-6-8-10-28/h6-14,17-18,21-22,25,33-34,39,52H,5,15-16,19-20,23-24,26H2,1-4H3,(H2,45,53)(H,47,56)(H,48,54)(H,49,57)/t33-,34-,39-/m0/s1. The highest BCUT2D eigenvalue weighted by atomic mass is 19.1. The average molecular weight is 788 g/mol. The van der Waals surface area contributed by atoms with Crippen LogP contribution in [0.3, 0.4) is 0 Å². The summed E-state index contributed by atoms with van der Waals surface area (Å²) in [5, 5.41) is 18.2. The third kappa shape index (κ3) is 12.5. The van der Waals surface area contributed by atoms with E-state index in [2.05, 4.69) is 20.9 Å². The normalized spacial score (nSPS) is 12.9. The van der Waals surface area contributed by atoms with Gasteiger partial charge < -0.3 is 36.3 Å². The molecule has 0 aliphatic carbocycles. The maximum Gasteiger partial charge on any atom is 0.248 e. The zero-order chi connectivity index (χ0) is 41.7. The summed E-state index contributed by atoms with van der Waals surface area (Å²) in [5.74, 6) is -4.82. The van der Waals surface area contributed by atoms with E-state index in [9.17, 15) is 33.5 Å². The zero-order valence-corrected chi connectivity index (χ0v) is 32.6. The molecule has 2 aromatic heterocycles. The third-order valence-corrected chi connectivity index (χ3v) is 9.24. The maximum absolute atomic E-state index is 15.2. The fourth-order valence-electron chi connectivity index (χ4n) is 6.62. The van der Waals surface area contributed by atoms with E-state index in [-0.39, 0.29) is 31.5 Å². The fraction of sp³-hybridized carbons (Fsp3) is 0.381. The molecule has 0 fully saturated rings. The van der Waals surface area contributed by atoms with Gasteiger partial charge in [-0.3, -0.25) is 29.0 Å². The summed E-state index contributed by atoms with van der Waals surface area (Å²) in [5.41, 5.74) is 7.12. The highest BCUT2D eigenvalue weighted by Gasteiger charge is 2.38. The molecule has 0 spiro atoms. The van der Waals surface area contributed by atoms with Crippen molar-refractivity contribution in [3.63, 3.8) is 0 Å². The van der Waals surface area contributed by atoms with Crippen LogP contribution in [0.2, 0.25) is 0 Å². The number of hydrogen-bond donors (Lipinski definition) is 5. The van der Waals surface area contributed by atoms with Crippen LogP contribution in [0.5, 0.6) is 0 Å². The van der Waals surface area contributed by atoms with Crippen molar-refractivity contribution in [3.05, 3.63) is 114 Å². The molecule has 0 bridgehead atoms. The van der Waals surface area contributed by atoms with Gasteiger partial charge in [-0.2, -0.15) is 0 Å². The zero-order valence-electron chi connectivity index (χ0n) is 32.6. The second-order valence-corrected chi connectivity index (χ2v) is 14.9. The lowest BCUT2D eigenvalue weighted by molar-refractivity contribution is -0.140. The first-order valence-electron chi connectivity index (χ1n) is 18.8. The number of hydrogen-bond acceptors (Lipinski definition) is 7. The number of nitrogens with one attached hydrogen (secondary N) is 3. The molecule has 6 N–H and O–H groups in total. The van der Waals surface area contributed by atoms with E-state index in [0.29, 0.717) is 29.8 Å². The topological polar surface area (TPSA) is 189 Å². The number of nitrogens with two attached hydrogens (primary N) is 1. The van der Waals surface area contributed by atoms with Crippen LogP contribution in [0.4, 0.5) is 8.78 Å². The Hall–Kier alpha value is -5.96. The minimum absolute atomic E-state index is 0.0181. The number of aliphatic hydroxyl groups is 1. The Labute approximate surface area is 331 Å². The molecule has 0 saturated carbocycles. The number of carbonyl (C=O) groups is 5. The van der Waals surface area contributed by atoms with Crippen molar-refractivity contribution < 1.29 is 37.9 Å². The molecule has 4 rings (SSSR count). The molecule has 5 amide bonds. The summed E-state index contributed by atoms with van der Waals surface area (Å²) in [4.78, 5) is 71.3. The molecule has 2 heterocycles. The summed E-state index contributed by atoms with van der Waals surface area (Å²) in [6, 6.07) is 14.0. The number of aromatic nitrogens is 2. The van der Waals surface area contributed by atoms with Crippen LogP contribution in [-0.2, 0) is 36.9 Å². The van der Waals surface area contributed by atoms with Crippen molar-refractivity contribution in [1.29, 1.82) is 0 Å². The molecule has 0 radical (unpaired) electrons. The van der Waals surface area contributed by atoms with E-state index >= 15 is 4.39 Å². The fourth-order valence-corrected chi connectivity index (χ4v) is 6.62. The van der Waals surface area contributed by atoms with Gasteiger partial charge in [0, 0.05) is 55.0 Å². The summed E-state index contributed by atoms with van der Waals surface area (Å²) in [7, 11) is 0. The second-order valence-electron chi connectivity index (χ2n) is 14.9. The lowest BCUT2D eigenvalue weighted by Gasteiger charge is -2.41. The number of halogens is 2. The minimum atomic E-state index is -1.42. The Kier molecular flexibility index (Phi) is 15.6. The Bertz CT molecular complexity index is 2000. The van der Waals surface area contributed by atoms with E-state index in [1.807, 2.05) is 62.6 Å². The second kappa shape index (κ2) is 20.3. The van der Waals surface area contributed by atoms with Gasteiger partial charge in [-0.25, -0.2) is 8.78 Å². The monoisotopic (exact) mass is 787 g/mol. The van der Waals surface area contributed by atoms with Crippen molar-refractivity contribution in [2.24, 2.45) is 11.1 Å².